The minimum absolute atomic E-state index is 0.0937. The van der Waals surface area contributed by atoms with Gasteiger partial charge in [-0.25, -0.2) is 0 Å². The zero-order valence-electron chi connectivity index (χ0n) is 11.8. The fourth-order valence-corrected chi connectivity index (χ4v) is 1.97. The van der Waals surface area contributed by atoms with Gasteiger partial charge in [-0.05, 0) is 24.6 Å². The summed E-state index contributed by atoms with van der Waals surface area (Å²) < 4.78 is 43.3. The molecule has 8 heteroatoms. The lowest BCUT2D eigenvalue weighted by Gasteiger charge is -2.13. The Balaban J connectivity index is 2.25. The van der Waals surface area contributed by atoms with Crippen LogP contribution < -0.4 is 5.73 Å². The second-order valence-electron chi connectivity index (χ2n) is 4.92. The van der Waals surface area contributed by atoms with E-state index in [4.69, 9.17) is 10.2 Å². The van der Waals surface area contributed by atoms with Gasteiger partial charge < -0.3 is 15.3 Å². The molecule has 0 aliphatic rings. The summed E-state index contributed by atoms with van der Waals surface area (Å²) >= 11 is 0. The maximum absolute atomic E-state index is 12.7. The number of benzene rings is 1. The second-order valence-corrected chi connectivity index (χ2v) is 4.92. The summed E-state index contributed by atoms with van der Waals surface area (Å²) in [6, 6.07) is 3.97. The highest BCUT2D eigenvalue weighted by atomic mass is 19.4. The molecule has 0 saturated carbocycles. The average Bonchev–Trinajstić information content (AvgIpc) is 2.95. The van der Waals surface area contributed by atoms with Gasteiger partial charge in [0.05, 0.1) is 5.56 Å². The van der Waals surface area contributed by atoms with Gasteiger partial charge in [0, 0.05) is 11.6 Å². The Hall–Kier alpha value is -1.93. The maximum atomic E-state index is 12.7. The van der Waals surface area contributed by atoms with Gasteiger partial charge in [-0.2, -0.15) is 13.2 Å². The highest BCUT2D eigenvalue weighted by molar-refractivity contribution is 5.54. The standard InChI is InChI=1S/C14H16F3N3O2/c1-2-4-10(18)11(21)13-20-19-12(22-13)8-5-3-6-9(7-8)14(15,16)17/h3,5-7,10-11,21H,2,4,18H2,1H3. The van der Waals surface area contributed by atoms with Gasteiger partial charge in [-0.15, -0.1) is 10.2 Å². The highest BCUT2D eigenvalue weighted by Gasteiger charge is 2.31. The van der Waals surface area contributed by atoms with E-state index in [0.717, 1.165) is 18.6 Å². The van der Waals surface area contributed by atoms with Crippen molar-refractivity contribution in [1.29, 1.82) is 0 Å². The fraction of sp³-hybridized carbons (Fsp3) is 0.429. The molecule has 0 aliphatic heterocycles. The van der Waals surface area contributed by atoms with Crippen LogP contribution in [-0.2, 0) is 6.18 Å². The Morgan fingerprint density at radius 3 is 2.68 bits per heavy atom. The molecule has 2 unspecified atom stereocenters. The summed E-state index contributed by atoms with van der Waals surface area (Å²) in [7, 11) is 0. The number of hydrogen-bond acceptors (Lipinski definition) is 5. The molecule has 0 fully saturated rings. The van der Waals surface area contributed by atoms with E-state index in [0.29, 0.717) is 6.42 Å². The lowest BCUT2D eigenvalue weighted by atomic mass is 10.1. The van der Waals surface area contributed by atoms with E-state index in [9.17, 15) is 18.3 Å². The molecule has 2 aromatic rings. The molecule has 0 spiro atoms. The maximum Gasteiger partial charge on any atom is 0.416 e. The number of halogens is 3. The summed E-state index contributed by atoms with van der Waals surface area (Å²) in [6.45, 7) is 1.91. The van der Waals surface area contributed by atoms with Crippen LogP contribution in [0, 0.1) is 0 Å². The van der Waals surface area contributed by atoms with Crippen molar-refractivity contribution in [3.05, 3.63) is 35.7 Å². The van der Waals surface area contributed by atoms with E-state index >= 15 is 0 Å². The average molecular weight is 315 g/mol. The molecule has 0 bridgehead atoms. The van der Waals surface area contributed by atoms with Crippen LogP contribution in [0.3, 0.4) is 0 Å². The van der Waals surface area contributed by atoms with Gasteiger partial charge in [0.15, 0.2) is 0 Å². The molecule has 5 nitrogen and oxygen atoms in total. The number of nitrogens with zero attached hydrogens (tertiary/aromatic N) is 2. The molecule has 2 atom stereocenters. The van der Waals surface area contributed by atoms with Crippen LogP contribution in [0.4, 0.5) is 13.2 Å². The molecule has 0 aliphatic carbocycles. The summed E-state index contributed by atoms with van der Waals surface area (Å²) in [5, 5.41) is 17.3. The van der Waals surface area contributed by atoms with Crippen molar-refractivity contribution in [3.63, 3.8) is 0 Å². The van der Waals surface area contributed by atoms with Crippen LogP contribution in [0.1, 0.15) is 37.3 Å². The normalized spacial score (nSPS) is 14.8. The quantitative estimate of drug-likeness (QED) is 0.886. The molecule has 1 aromatic carbocycles. The number of aliphatic hydroxyl groups is 1. The Morgan fingerprint density at radius 2 is 2.05 bits per heavy atom. The first-order valence-corrected chi connectivity index (χ1v) is 6.77. The summed E-state index contributed by atoms with van der Waals surface area (Å²) in [5.41, 5.74) is 5.08. The van der Waals surface area contributed by atoms with Gasteiger partial charge in [0.25, 0.3) is 0 Å². The third-order valence-corrected chi connectivity index (χ3v) is 3.16. The molecule has 2 rings (SSSR count). The Bertz CT molecular complexity index is 628. The van der Waals surface area contributed by atoms with Gasteiger partial charge in [0.2, 0.25) is 11.8 Å². The summed E-state index contributed by atoms with van der Waals surface area (Å²) in [4.78, 5) is 0. The first-order valence-electron chi connectivity index (χ1n) is 6.77. The molecular formula is C14H16F3N3O2. The summed E-state index contributed by atoms with van der Waals surface area (Å²) in [5.74, 6) is -0.197. The van der Waals surface area contributed by atoms with Gasteiger partial charge >= 0.3 is 6.18 Å². The lowest BCUT2D eigenvalue weighted by Crippen LogP contribution is -2.28. The Kier molecular flexibility index (Phi) is 4.82. The zero-order chi connectivity index (χ0) is 16.3. The molecule has 3 N–H and O–H groups in total. The van der Waals surface area contributed by atoms with Crippen molar-refractivity contribution in [1.82, 2.24) is 10.2 Å². The SMILES string of the molecule is CCCC(N)C(O)c1nnc(-c2cccc(C(F)(F)F)c2)o1. The van der Waals surface area contributed by atoms with Crippen molar-refractivity contribution in [3.8, 4) is 11.5 Å². The van der Waals surface area contributed by atoms with E-state index in [1.165, 1.54) is 12.1 Å². The topological polar surface area (TPSA) is 85.2 Å². The van der Waals surface area contributed by atoms with E-state index in [1.54, 1.807) is 0 Å². The van der Waals surface area contributed by atoms with Crippen molar-refractivity contribution >= 4 is 0 Å². The predicted molar refractivity (Wildman–Crippen MR) is 72.6 cm³/mol. The molecule has 0 amide bonds. The second kappa shape index (κ2) is 6.45. The smallest absolute Gasteiger partial charge is 0.416 e. The third-order valence-electron chi connectivity index (χ3n) is 3.16. The monoisotopic (exact) mass is 315 g/mol. The van der Waals surface area contributed by atoms with Crippen LogP contribution in [0.15, 0.2) is 28.7 Å². The van der Waals surface area contributed by atoms with E-state index in [-0.39, 0.29) is 17.3 Å². The molecule has 22 heavy (non-hydrogen) atoms. The fourth-order valence-electron chi connectivity index (χ4n) is 1.97. The lowest BCUT2D eigenvalue weighted by molar-refractivity contribution is -0.137. The first kappa shape index (κ1) is 16.4. The van der Waals surface area contributed by atoms with Gasteiger partial charge in [0.1, 0.15) is 6.10 Å². The van der Waals surface area contributed by atoms with Crippen molar-refractivity contribution < 1.29 is 22.7 Å². The van der Waals surface area contributed by atoms with Crippen LogP contribution in [0.25, 0.3) is 11.5 Å². The number of aromatic nitrogens is 2. The van der Waals surface area contributed by atoms with Crippen LogP contribution in [0.2, 0.25) is 0 Å². The van der Waals surface area contributed by atoms with Crippen LogP contribution in [0.5, 0.6) is 0 Å². The molecule has 1 aromatic heterocycles. The van der Waals surface area contributed by atoms with Gasteiger partial charge in [-0.3, -0.25) is 0 Å². The van der Waals surface area contributed by atoms with E-state index in [1.807, 2.05) is 6.92 Å². The number of rotatable bonds is 5. The van der Waals surface area contributed by atoms with Crippen molar-refractivity contribution in [2.45, 2.75) is 38.1 Å². The van der Waals surface area contributed by atoms with Crippen LogP contribution >= 0.6 is 0 Å². The van der Waals surface area contributed by atoms with Crippen molar-refractivity contribution in [2.24, 2.45) is 5.73 Å². The third kappa shape index (κ3) is 3.63. The molecule has 1 heterocycles. The highest BCUT2D eigenvalue weighted by Crippen LogP contribution is 2.32. The molecule has 0 radical (unpaired) electrons. The van der Waals surface area contributed by atoms with E-state index < -0.39 is 23.9 Å². The number of aliphatic hydroxyl groups excluding tert-OH is 1. The Morgan fingerprint density at radius 1 is 1.32 bits per heavy atom. The minimum Gasteiger partial charge on any atom is -0.418 e. The molecule has 0 saturated heterocycles. The van der Waals surface area contributed by atoms with Gasteiger partial charge in [-0.1, -0.05) is 19.4 Å². The van der Waals surface area contributed by atoms with Crippen molar-refractivity contribution in [2.75, 3.05) is 0 Å². The number of nitrogens with two attached hydrogens (primary N) is 1. The first-order chi connectivity index (χ1) is 10.3. The molecular weight excluding hydrogens is 299 g/mol. The molecule has 120 valence electrons. The summed E-state index contributed by atoms with van der Waals surface area (Å²) in [6.07, 6.45) is -4.27. The number of hydrogen-bond donors (Lipinski definition) is 2. The number of alkyl halides is 3. The predicted octanol–water partition coefficient (Wildman–Crippen LogP) is 2.92. The zero-order valence-corrected chi connectivity index (χ0v) is 11.8. The van der Waals surface area contributed by atoms with E-state index in [2.05, 4.69) is 10.2 Å². The minimum atomic E-state index is -4.46. The van der Waals surface area contributed by atoms with Crippen LogP contribution in [-0.4, -0.2) is 21.3 Å². The largest absolute Gasteiger partial charge is 0.418 e. The Labute approximate surface area is 125 Å².